The van der Waals surface area contributed by atoms with Crippen LogP contribution in [0.25, 0.3) is 0 Å². The summed E-state index contributed by atoms with van der Waals surface area (Å²) in [5.41, 5.74) is 0.281. The first-order chi connectivity index (χ1) is 9.21. The van der Waals surface area contributed by atoms with Gasteiger partial charge in [-0.2, -0.15) is 0 Å². The Morgan fingerprint density at radius 1 is 1.40 bits per heavy atom. The summed E-state index contributed by atoms with van der Waals surface area (Å²) in [6, 6.07) is 5.67. The van der Waals surface area contributed by atoms with Gasteiger partial charge in [0.25, 0.3) is 5.91 Å². The molecule has 0 atom stereocenters. The van der Waals surface area contributed by atoms with Crippen LogP contribution in [0.3, 0.4) is 0 Å². The Morgan fingerprint density at radius 3 is 2.60 bits per heavy atom. The molecule has 20 heavy (non-hydrogen) atoms. The summed E-state index contributed by atoms with van der Waals surface area (Å²) in [4.78, 5) is 13.5. The zero-order chi connectivity index (χ0) is 15.3. The highest BCUT2D eigenvalue weighted by atomic mass is 32.2. The molecule has 0 radical (unpaired) electrons. The van der Waals surface area contributed by atoms with Crippen molar-refractivity contribution >= 4 is 15.9 Å². The van der Waals surface area contributed by atoms with Gasteiger partial charge < -0.3 is 9.64 Å². The Balaban J connectivity index is 2.77. The van der Waals surface area contributed by atoms with Gasteiger partial charge in [0.05, 0.1) is 17.6 Å². The predicted molar refractivity (Wildman–Crippen MR) is 75.9 cm³/mol. The van der Waals surface area contributed by atoms with Crippen molar-refractivity contribution in [1.29, 1.82) is 0 Å². The lowest BCUT2D eigenvalue weighted by molar-refractivity contribution is 0.0532. The van der Waals surface area contributed by atoms with Crippen molar-refractivity contribution < 1.29 is 17.9 Å². The molecule has 0 aliphatic carbocycles. The average Bonchev–Trinajstić information content (AvgIpc) is 2.36. The molecule has 0 bridgehead atoms. The van der Waals surface area contributed by atoms with Gasteiger partial charge >= 0.3 is 0 Å². The molecule has 2 N–H and O–H groups in total. The Labute approximate surface area is 119 Å². The fourth-order valence-electron chi connectivity index (χ4n) is 1.55. The number of nitrogens with zero attached hydrogens (tertiary/aromatic N) is 1. The van der Waals surface area contributed by atoms with Crippen LogP contribution in [-0.4, -0.2) is 45.5 Å². The van der Waals surface area contributed by atoms with E-state index in [1.165, 1.54) is 23.1 Å². The second kappa shape index (κ2) is 6.83. The van der Waals surface area contributed by atoms with E-state index in [1.807, 2.05) is 13.8 Å². The standard InChI is InChI=1S/C13H20N2O4S/c1-10(2)19-8-7-15(3)13(16)11-5-4-6-12(9-11)20(14,17)18/h4-6,9-10H,7-8H2,1-3H3,(H2,14,17,18). The molecule has 0 saturated carbocycles. The van der Waals surface area contributed by atoms with E-state index in [1.54, 1.807) is 13.1 Å². The highest BCUT2D eigenvalue weighted by Crippen LogP contribution is 2.11. The van der Waals surface area contributed by atoms with Gasteiger partial charge in [-0.15, -0.1) is 0 Å². The van der Waals surface area contributed by atoms with Crippen LogP contribution in [0.5, 0.6) is 0 Å². The van der Waals surface area contributed by atoms with E-state index in [4.69, 9.17) is 9.88 Å². The van der Waals surface area contributed by atoms with Gasteiger partial charge in [-0.1, -0.05) is 6.07 Å². The molecular weight excluding hydrogens is 280 g/mol. The fourth-order valence-corrected chi connectivity index (χ4v) is 2.11. The molecule has 1 aromatic rings. The second-order valence-electron chi connectivity index (χ2n) is 4.72. The van der Waals surface area contributed by atoms with Gasteiger partial charge in [-0.25, -0.2) is 13.6 Å². The molecule has 112 valence electrons. The number of carbonyl (C=O) groups excluding carboxylic acids is 1. The Kier molecular flexibility index (Phi) is 5.67. The first-order valence-corrected chi connectivity index (χ1v) is 7.76. The number of hydrogen-bond acceptors (Lipinski definition) is 4. The van der Waals surface area contributed by atoms with Crippen LogP contribution in [0.4, 0.5) is 0 Å². The first kappa shape index (κ1) is 16.6. The average molecular weight is 300 g/mol. The van der Waals surface area contributed by atoms with Gasteiger partial charge in [-0.3, -0.25) is 4.79 Å². The number of hydrogen-bond donors (Lipinski definition) is 1. The quantitative estimate of drug-likeness (QED) is 0.842. The minimum atomic E-state index is -3.81. The van der Waals surface area contributed by atoms with E-state index in [9.17, 15) is 13.2 Å². The van der Waals surface area contributed by atoms with E-state index >= 15 is 0 Å². The van der Waals surface area contributed by atoms with Crippen LogP contribution in [0.15, 0.2) is 29.2 Å². The summed E-state index contributed by atoms with van der Waals surface area (Å²) in [7, 11) is -2.17. The molecule has 0 heterocycles. The number of ether oxygens (including phenoxy) is 1. The number of carbonyl (C=O) groups is 1. The summed E-state index contributed by atoms with van der Waals surface area (Å²) in [6.45, 7) is 4.68. The van der Waals surface area contributed by atoms with Crippen LogP contribution in [0, 0.1) is 0 Å². The first-order valence-electron chi connectivity index (χ1n) is 6.21. The number of nitrogens with two attached hydrogens (primary N) is 1. The maximum atomic E-state index is 12.1. The molecule has 0 spiro atoms. The van der Waals surface area contributed by atoms with Crippen molar-refractivity contribution in [2.75, 3.05) is 20.2 Å². The summed E-state index contributed by atoms with van der Waals surface area (Å²) >= 11 is 0. The molecule has 0 aromatic heterocycles. The van der Waals surface area contributed by atoms with Crippen molar-refractivity contribution in [3.63, 3.8) is 0 Å². The van der Waals surface area contributed by atoms with Crippen molar-refractivity contribution in [1.82, 2.24) is 4.90 Å². The van der Waals surface area contributed by atoms with Crippen LogP contribution in [-0.2, 0) is 14.8 Å². The summed E-state index contributed by atoms with van der Waals surface area (Å²) < 4.78 is 27.9. The van der Waals surface area contributed by atoms with E-state index in [2.05, 4.69) is 0 Å². The Hall–Kier alpha value is -1.44. The molecule has 0 saturated heterocycles. The van der Waals surface area contributed by atoms with Gasteiger partial charge in [0.2, 0.25) is 10.0 Å². The molecule has 1 rings (SSSR count). The number of benzene rings is 1. The molecule has 0 unspecified atom stereocenters. The van der Waals surface area contributed by atoms with Crippen molar-refractivity contribution in [2.24, 2.45) is 5.14 Å². The third-order valence-electron chi connectivity index (χ3n) is 2.63. The van der Waals surface area contributed by atoms with Crippen LogP contribution in [0.1, 0.15) is 24.2 Å². The highest BCUT2D eigenvalue weighted by Gasteiger charge is 2.15. The maximum Gasteiger partial charge on any atom is 0.253 e. The lowest BCUT2D eigenvalue weighted by Gasteiger charge is -2.18. The number of primary sulfonamides is 1. The molecule has 1 aromatic carbocycles. The van der Waals surface area contributed by atoms with Crippen molar-refractivity contribution in [2.45, 2.75) is 24.8 Å². The smallest absolute Gasteiger partial charge is 0.253 e. The normalized spacial score (nSPS) is 11.7. The lowest BCUT2D eigenvalue weighted by Crippen LogP contribution is -2.31. The molecule has 6 nitrogen and oxygen atoms in total. The second-order valence-corrected chi connectivity index (χ2v) is 6.28. The zero-order valence-corrected chi connectivity index (χ0v) is 12.7. The van der Waals surface area contributed by atoms with E-state index < -0.39 is 10.0 Å². The summed E-state index contributed by atoms with van der Waals surface area (Å²) in [6.07, 6.45) is 0.101. The van der Waals surface area contributed by atoms with E-state index in [0.29, 0.717) is 13.2 Å². The van der Waals surface area contributed by atoms with Crippen LogP contribution >= 0.6 is 0 Å². The molecule has 0 fully saturated rings. The number of sulfonamides is 1. The minimum Gasteiger partial charge on any atom is -0.377 e. The zero-order valence-electron chi connectivity index (χ0n) is 11.9. The van der Waals surface area contributed by atoms with Crippen LogP contribution < -0.4 is 5.14 Å². The number of rotatable bonds is 6. The van der Waals surface area contributed by atoms with Crippen molar-refractivity contribution in [3.8, 4) is 0 Å². The number of amides is 1. The van der Waals surface area contributed by atoms with Gasteiger partial charge in [0.1, 0.15) is 0 Å². The highest BCUT2D eigenvalue weighted by molar-refractivity contribution is 7.89. The predicted octanol–water partition coefficient (Wildman–Crippen LogP) is 0.831. The summed E-state index contributed by atoms with van der Waals surface area (Å²) in [5.74, 6) is -0.275. The summed E-state index contributed by atoms with van der Waals surface area (Å²) in [5, 5.41) is 5.04. The maximum absolute atomic E-state index is 12.1. The fraction of sp³-hybridized carbons (Fsp3) is 0.462. The van der Waals surface area contributed by atoms with Gasteiger partial charge in [-0.05, 0) is 32.0 Å². The lowest BCUT2D eigenvalue weighted by atomic mass is 10.2. The van der Waals surface area contributed by atoms with E-state index in [-0.39, 0.29) is 22.5 Å². The van der Waals surface area contributed by atoms with Crippen LogP contribution in [0.2, 0.25) is 0 Å². The Morgan fingerprint density at radius 2 is 2.05 bits per heavy atom. The third-order valence-corrected chi connectivity index (χ3v) is 3.55. The minimum absolute atomic E-state index is 0.0739. The molecule has 0 aliphatic heterocycles. The van der Waals surface area contributed by atoms with Crippen molar-refractivity contribution in [3.05, 3.63) is 29.8 Å². The van der Waals surface area contributed by atoms with Gasteiger partial charge in [0.15, 0.2) is 0 Å². The molecule has 7 heteroatoms. The molecule has 1 amide bonds. The largest absolute Gasteiger partial charge is 0.377 e. The third kappa shape index (κ3) is 4.92. The topological polar surface area (TPSA) is 89.7 Å². The monoisotopic (exact) mass is 300 g/mol. The SMILES string of the molecule is CC(C)OCCN(C)C(=O)c1cccc(S(N)(=O)=O)c1. The van der Waals surface area contributed by atoms with Gasteiger partial charge in [0, 0.05) is 19.2 Å². The van der Waals surface area contributed by atoms with E-state index in [0.717, 1.165) is 0 Å². The Bertz CT molecular complexity index is 569. The molecular formula is C13H20N2O4S. The molecule has 0 aliphatic rings. The number of likely N-dealkylation sites (N-methyl/N-ethyl adjacent to an activating group) is 1.